The summed E-state index contributed by atoms with van der Waals surface area (Å²) in [5, 5.41) is 12.3. The van der Waals surface area contributed by atoms with Crippen molar-refractivity contribution in [3.8, 4) is 39.9 Å². The van der Waals surface area contributed by atoms with Crippen LogP contribution in [0, 0.1) is 0 Å². The molecule has 6 heteroatoms. The fraction of sp³-hybridized carbons (Fsp3) is 0. The summed E-state index contributed by atoms with van der Waals surface area (Å²) in [6, 6.07) is 65.4. The molecule has 0 unspecified atom stereocenters. The van der Waals surface area contributed by atoms with Crippen LogP contribution in [0.25, 0.3) is 124 Å². The number of hydrogen-bond acceptors (Lipinski definition) is 5. The van der Waals surface area contributed by atoms with Crippen LogP contribution in [0.4, 0.5) is 0 Å². The lowest BCUT2D eigenvalue weighted by molar-refractivity contribution is 1.08. The maximum absolute atomic E-state index is 5.50. The van der Waals surface area contributed by atoms with Crippen molar-refractivity contribution in [3.63, 3.8) is 0 Å². The highest BCUT2D eigenvalue weighted by atomic mass is 32.1. The molecule has 13 aromatic rings. The number of para-hydroxylation sites is 1. The number of nitrogens with zero attached hydrogens (tertiary/aromatic N) is 4. The van der Waals surface area contributed by atoms with Crippen LogP contribution in [0.5, 0.6) is 0 Å². The van der Waals surface area contributed by atoms with Crippen molar-refractivity contribution in [2.45, 2.75) is 0 Å². The van der Waals surface area contributed by atoms with Crippen LogP contribution in [-0.4, -0.2) is 19.5 Å². The fourth-order valence-electron chi connectivity index (χ4n) is 9.23. The second kappa shape index (κ2) is 12.6. The molecular weight excluding hydrogens is 757 g/mol. The first-order valence-electron chi connectivity index (χ1n) is 19.8. The van der Waals surface area contributed by atoms with Crippen molar-refractivity contribution in [2.75, 3.05) is 0 Å². The molecule has 59 heavy (non-hydrogen) atoms. The molecule has 4 heterocycles. The zero-order valence-electron chi connectivity index (χ0n) is 31.4. The molecule has 9 aromatic carbocycles. The summed E-state index contributed by atoms with van der Waals surface area (Å²) in [5.41, 5.74) is 6.32. The van der Waals surface area contributed by atoms with E-state index in [9.17, 15) is 0 Å². The van der Waals surface area contributed by atoms with Gasteiger partial charge in [0.25, 0.3) is 0 Å². The largest absolute Gasteiger partial charge is 0.309 e. The molecule has 0 saturated carbocycles. The molecule has 0 spiro atoms. The summed E-state index contributed by atoms with van der Waals surface area (Å²) in [6.07, 6.45) is 0. The van der Waals surface area contributed by atoms with Gasteiger partial charge in [0.05, 0.1) is 11.0 Å². The summed E-state index contributed by atoms with van der Waals surface area (Å²) in [5.74, 6) is 1.96. The Labute approximate surface area is 345 Å². The Hall–Kier alpha value is -7.25. The molecule has 0 aliphatic rings. The lowest BCUT2D eigenvalue weighted by Gasteiger charge is -2.14. The average Bonchev–Trinajstić information content (AvgIpc) is 3.98. The van der Waals surface area contributed by atoms with Gasteiger partial charge in [-0.15, -0.1) is 22.7 Å². The van der Waals surface area contributed by atoms with E-state index in [0.717, 1.165) is 38.0 Å². The number of thiophene rings is 2. The molecule has 0 radical (unpaired) electrons. The minimum Gasteiger partial charge on any atom is -0.309 e. The summed E-state index contributed by atoms with van der Waals surface area (Å²) in [4.78, 5) is 16.2. The SMILES string of the molecule is c1ccc(-c2nc(-c3cc4sc5ccccc5c4c4ccccc34)nc(-c3cc(-n4c5ccccc5c5c6ccccc6ccc54)cc4c3sc3ccccc34)n2)cc1. The Morgan fingerprint density at radius 1 is 0.356 bits per heavy atom. The molecule has 4 nitrogen and oxygen atoms in total. The average molecular weight is 787 g/mol. The zero-order valence-corrected chi connectivity index (χ0v) is 33.1. The molecule has 0 saturated heterocycles. The van der Waals surface area contributed by atoms with Gasteiger partial charge in [0.2, 0.25) is 0 Å². The topological polar surface area (TPSA) is 43.6 Å². The summed E-state index contributed by atoms with van der Waals surface area (Å²) < 4.78 is 7.30. The van der Waals surface area contributed by atoms with E-state index < -0.39 is 0 Å². The highest BCUT2D eigenvalue weighted by molar-refractivity contribution is 7.26. The maximum Gasteiger partial charge on any atom is 0.165 e. The molecule has 0 N–H and O–H groups in total. The van der Waals surface area contributed by atoms with E-state index >= 15 is 0 Å². The van der Waals surface area contributed by atoms with Crippen molar-refractivity contribution in [3.05, 3.63) is 182 Å². The minimum atomic E-state index is 0.647. The van der Waals surface area contributed by atoms with Crippen molar-refractivity contribution < 1.29 is 0 Å². The van der Waals surface area contributed by atoms with E-state index in [1.165, 1.54) is 68.1 Å². The third-order valence-corrected chi connectivity index (χ3v) is 14.2. The molecule has 0 amide bonds. The number of hydrogen-bond donors (Lipinski definition) is 0. The van der Waals surface area contributed by atoms with Crippen LogP contribution >= 0.6 is 22.7 Å². The monoisotopic (exact) mass is 786 g/mol. The second-order valence-electron chi connectivity index (χ2n) is 15.1. The lowest BCUT2D eigenvalue weighted by Crippen LogP contribution is -2.02. The van der Waals surface area contributed by atoms with Crippen LogP contribution in [0.2, 0.25) is 0 Å². The Morgan fingerprint density at radius 3 is 1.81 bits per heavy atom. The standard InChI is InChI=1S/C53H30N4S2/c1-2-15-32(16-3-1)51-54-52(41-30-47-49(37-20-7-6-18-35(37)41)39-22-10-13-25-46(39)58-47)56-53(55-51)42-29-33(28-40-36-19-9-12-24-45(36)59-50(40)42)57-43-23-11-8-21-38(43)48-34-17-5-4-14-31(34)26-27-44(48)57/h1-30H. The third-order valence-electron chi connectivity index (χ3n) is 11.8. The van der Waals surface area contributed by atoms with E-state index in [0.29, 0.717) is 17.5 Å². The van der Waals surface area contributed by atoms with Gasteiger partial charge in [0.1, 0.15) is 0 Å². The van der Waals surface area contributed by atoms with Gasteiger partial charge in [-0.05, 0) is 64.0 Å². The first-order chi connectivity index (χ1) is 29.2. The van der Waals surface area contributed by atoms with Gasteiger partial charge >= 0.3 is 0 Å². The minimum absolute atomic E-state index is 0.647. The predicted octanol–water partition coefficient (Wildman–Crippen LogP) is 15.0. The molecular formula is C53H30N4S2. The van der Waals surface area contributed by atoms with Crippen LogP contribution in [0.15, 0.2) is 182 Å². The molecule has 4 aromatic heterocycles. The molecule has 0 bridgehead atoms. The fourth-order valence-corrected chi connectivity index (χ4v) is 11.6. The summed E-state index contributed by atoms with van der Waals surface area (Å²) in [6.45, 7) is 0. The Morgan fingerprint density at radius 2 is 0.983 bits per heavy atom. The van der Waals surface area contributed by atoms with E-state index in [4.69, 9.17) is 15.0 Å². The lowest BCUT2D eigenvalue weighted by atomic mass is 9.98. The molecule has 0 atom stereocenters. The van der Waals surface area contributed by atoms with E-state index in [1.807, 2.05) is 29.5 Å². The van der Waals surface area contributed by atoms with Crippen LogP contribution in [0.1, 0.15) is 0 Å². The normalized spacial score (nSPS) is 12.1. The van der Waals surface area contributed by atoms with E-state index in [-0.39, 0.29) is 0 Å². The second-order valence-corrected chi connectivity index (χ2v) is 17.3. The summed E-state index contributed by atoms with van der Waals surface area (Å²) >= 11 is 3.62. The van der Waals surface area contributed by atoms with Crippen molar-refractivity contribution in [1.29, 1.82) is 0 Å². The first kappa shape index (κ1) is 32.8. The number of fused-ring (bicyclic) bond motifs is 13. The van der Waals surface area contributed by atoms with Gasteiger partial charge in [0.15, 0.2) is 17.5 Å². The number of aromatic nitrogens is 4. The molecule has 13 rings (SSSR count). The van der Waals surface area contributed by atoms with Gasteiger partial charge in [-0.3, -0.25) is 0 Å². The maximum atomic E-state index is 5.50. The van der Waals surface area contributed by atoms with Crippen molar-refractivity contribution in [2.24, 2.45) is 0 Å². The van der Waals surface area contributed by atoms with Gasteiger partial charge in [-0.2, -0.15) is 0 Å². The van der Waals surface area contributed by atoms with Crippen LogP contribution in [0.3, 0.4) is 0 Å². The summed E-state index contributed by atoms with van der Waals surface area (Å²) in [7, 11) is 0. The zero-order chi connectivity index (χ0) is 38.6. The van der Waals surface area contributed by atoms with Crippen LogP contribution < -0.4 is 0 Å². The van der Waals surface area contributed by atoms with Crippen molar-refractivity contribution in [1.82, 2.24) is 19.5 Å². The number of rotatable bonds is 4. The molecule has 0 aliphatic heterocycles. The third kappa shape index (κ3) is 4.91. The van der Waals surface area contributed by atoms with Gasteiger partial charge in [-0.1, -0.05) is 140 Å². The van der Waals surface area contributed by atoms with Gasteiger partial charge in [-0.25, -0.2) is 15.0 Å². The number of benzene rings is 9. The Kier molecular flexibility index (Phi) is 7.02. The quantitative estimate of drug-likeness (QED) is 0.178. The smallest absolute Gasteiger partial charge is 0.165 e. The van der Waals surface area contributed by atoms with E-state index in [2.05, 4.69) is 168 Å². The Balaban J connectivity index is 1.14. The molecule has 0 fully saturated rings. The van der Waals surface area contributed by atoms with Crippen molar-refractivity contribution >= 4 is 106 Å². The highest BCUT2D eigenvalue weighted by Gasteiger charge is 2.22. The van der Waals surface area contributed by atoms with Gasteiger partial charge < -0.3 is 4.57 Å². The molecule has 0 aliphatic carbocycles. The van der Waals surface area contributed by atoms with Gasteiger partial charge in [0, 0.05) is 73.5 Å². The first-order valence-corrected chi connectivity index (χ1v) is 21.4. The van der Waals surface area contributed by atoms with E-state index in [1.54, 1.807) is 11.3 Å². The molecule has 274 valence electrons. The van der Waals surface area contributed by atoms with Crippen LogP contribution in [-0.2, 0) is 0 Å². The highest BCUT2D eigenvalue weighted by Crippen LogP contribution is 2.46. The predicted molar refractivity (Wildman–Crippen MR) is 251 cm³/mol. The Bertz CT molecular complexity index is 3860.